The molecule has 1 aromatic rings. The maximum Gasteiger partial charge on any atom is 0.224 e. The van der Waals surface area contributed by atoms with Gasteiger partial charge in [0.15, 0.2) is 0 Å². The van der Waals surface area contributed by atoms with Crippen LogP contribution < -0.4 is 0 Å². The molecule has 1 aliphatic heterocycles. The van der Waals surface area contributed by atoms with Crippen LogP contribution in [0, 0.1) is 12.3 Å². The molecule has 0 spiro atoms. The van der Waals surface area contributed by atoms with Crippen molar-refractivity contribution in [2.75, 3.05) is 13.1 Å². The van der Waals surface area contributed by atoms with Crippen LogP contribution >= 0.6 is 0 Å². The van der Waals surface area contributed by atoms with Crippen LogP contribution in [0.2, 0.25) is 0 Å². The van der Waals surface area contributed by atoms with Gasteiger partial charge in [0.2, 0.25) is 5.91 Å². The topological polar surface area (TPSA) is 20.3 Å². The second kappa shape index (κ2) is 4.18. The first-order valence-electron chi connectivity index (χ1n) is 5.07. The molecule has 1 heterocycles. The first kappa shape index (κ1) is 9.79. The van der Waals surface area contributed by atoms with Gasteiger partial charge in [-0.25, -0.2) is 0 Å². The Morgan fingerprint density at radius 1 is 1.40 bits per heavy atom. The smallest absolute Gasteiger partial charge is 0.224 e. The minimum atomic E-state index is 0.168. The van der Waals surface area contributed by atoms with E-state index in [-0.39, 0.29) is 5.91 Å². The van der Waals surface area contributed by atoms with E-state index in [0.29, 0.717) is 18.9 Å². The van der Waals surface area contributed by atoms with Gasteiger partial charge in [0.1, 0.15) is 0 Å². The van der Waals surface area contributed by atoms with Gasteiger partial charge in [-0.05, 0) is 5.56 Å². The highest BCUT2D eigenvalue weighted by Gasteiger charge is 2.29. The van der Waals surface area contributed by atoms with E-state index in [4.69, 9.17) is 6.42 Å². The summed E-state index contributed by atoms with van der Waals surface area (Å²) in [5.41, 5.74) is 1.23. The highest BCUT2D eigenvalue weighted by atomic mass is 16.2. The fraction of sp³-hybridized carbons (Fsp3) is 0.308. The molecule has 76 valence electrons. The Bertz CT molecular complexity index is 391. The van der Waals surface area contributed by atoms with Crippen molar-refractivity contribution < 1.29 is 4.79 Å². The first-order valence-corrected chi connectivity index (χ1v) is 5.07. The third-order valence-electron chi connectivity index (χ3n) is 2.77. The molecule has 1 saturated heterocycles. The number of hydrogen-bond donors (Lipinski definition) is 0. The van der Waals surface area contributed by atoms with Crippen molar-refractivity contribution in [2.45, 2.75) is 12.3 Å². The van der Waals surface area contributed by atoms with Gasteiger partial charge in [-0.1, -0.05) is 36.3 Å². The highest BCUT2D eigenvalue weighted by molar-refractivity contribution is 5.80. The summed E-state index contributed by atoms with van der Waals surface area (Å²) in [6, 6.07) is 10.1. The molecule has 2 nitrogen and oxygen atoms in total. The van der Waals surface area contributed by atoms with Gasteiger partial charge >= 0.3 is 0 Å². The average Bonchev–Trinajstić information content (AvgIpc) is 2.63. The Morgan fingerprint density at radius 3 is 2.80 bits per heavy atom. The van der Waals surface area contributed by atoms with E-state index in [0.717, 1.165) is 6.54 Å². The van der Waals surface area contributed by atoms with Gasteiger partial charge in [0.05, 0.1) is 6.54 Å². The Kier molecular flexibility index (Phi) is 2.73. The molecular weight excluding hydrogens is 186 g/mol. The van der Waals surface area contributed by atoms with E-state index < -0.39 is 0 Å². The second-order valence-electron chi connectivity index (χ2n) is 3.79. The molecule has 1 fully saturated rings. The highest BCUT2D eigenvalue weighted by Crippen LogP contribution is 2.27. The molecule has 0 bridgehead atoms. The van der Waals surface area contributed by atoms with E-state index >= 15 is 0 Å². The summed E-state index contributed by atoms with van der Waals surface area (Å²) in [5.74, 6) is 3.00. The third-order valence-corrected chi connectivity index (χ3v) is 2.77. The van der Waals surface area contributed by atoms with Crippen molar-refractivity contribution >= 4 is 5.91 Å². The van der Waals surface area contributed by atoms with E-state index in [2.05, 4.69) is 18.1 Å². The van der Waals surface area contributed by atoms with Gasteiger partial charge in [0.25, 0.3) is 0 Å². The minimum Gasteiger partial charge on any atom is -0.331 e. The fourth-order valence-electron chi connectivity index (χ4n) is 1.98. The van der Waals surface area contributed by atoms with Crippen LogP contribution in [-0.2, 0) is 4.79 Å². The number of amides is 1. The fourth-order valence-corrected chi connectivity index (χ4v) is 1.98. The monoisotopic (exact) mass is 199 g/mol. The molecule has 0 saturated carbocycles. The molecule has 0 radical (unpaired) electrons. The summed E-state index contributed by atoms with van der Waals surface area (Å²) in [5, 5.41) is 0. The van der Waals surface area contributed by atoms with Crippen LogP contribution in [0.1, 0.15) is 17.9 Å². The Morgan fingerprint density at radius 2 is 2.13 bits per heavy atom. The Balaban J connectivity index is 2.10. The molecule has 0 aliphatic carbocycles. The van der Waals surface area contributed by atoms with Crippen LogP contribution in [0.4, 0.5) is 0 Å². The molecule has 0 N–H and O–H groups in total. The van der Waals surface area contributed by atoms with Crippen LogP contribution in [0.15, 0.2) is 30.3 Å². The summed E-state index contributed by atoms with van der Waals surface area (Å²) in [4.78, 5) is 13.3. The van der Waals surface area contributed by atoms with Crippen molar-refractivity contribution in [2.24, 2.45) is 0 Å². The zero-order chi connectivity index (χ0) is 10.7. The largest absolute Gasteiger partial charge is 0.331 e. The number of likely N-dealkylation sites (tertiary alicyclic amines) is 1. The van der Waals surface area contributed by atoms with E-state index in [9.17, 15) is 4.79 Å². The first-order chi connectivity index (χ1) is 7.31. The third kappa shape index (κ3) is 2.02. The van der Waals surface area contributed by atoms with Crippen molar-refractivity contribution in [1.29, 1.82) is 0 Å². The molecule has 1 atom stereocenters. The number of nitrogens with zero attached hydrogens (tertiary/aromatic N) is 1. The lowest BCUT2D eigenvalue weighted by Gasteiger charge is -2.12. The number of carbonyl (C=O) groups excluding carboxylic acids is 1. The van der Waals surface area contributed by atoms with Crippen LogP contribution in [0.25, 0.3) is 0 Å². The number of benzene rings is 1. The summed E-state index contributed by atoms with van der Waals surface area (Å²) in [6.07, 6.45) is 5.80. The van der Waals surface area contributed by atoms with Crippen molar-refractivity contribution in [1.82, 2.24) is 4.90 Å². The minimum absolute atomic E-state index is 0.168. The number of hydrogen-bond acceptors (Lipinski definition) is 1. The lowest BCUT2D eigenvalue weighted by molar-refractivity contribution is -0.127. The molecule has 0 unspecified atom stereocenters. The number of carbonyl (C=O) groups is 1. The quantitative estimate of drug-likeness (QED) is 0.663. The van der Waals surface area contributed by atoms with E-state index in [1.54, 1.807) is 4.90 Å². The molecule has 0 aromatic heterocycles. The molecule has 1 aromatic carbocycles. The van der Waals surface area contributed by atoms with Gasteiger partial charge in [-0.2, -0.15) is 0 Å². The van der Waals surface area contributed by atoms with E-state index in [1.165, 1.54) is 5.56 Å². The average molecular weight is 199 g/mol. The normalized spacial score (nSPS) is 20.3. The molecule has 15 heavy (non-hydrogen) atoms. The standard InChI is InChI=1S/C13H13NO/c1-2-8-14-10-12(9-13(14)15)11-6-4-3-5-7-11/h1,3-7,12H,8-10H2/t12-/m0/s1. The van der Waals surface area contributed by atoms with Crippen LogP contribution in [-0.4, -0.2) is 23.9 Å². The molecule has 1 aliphatic rings. The molecular formula is C13H13NO. The molecule has 2 heteroatoms. The van der Waals surface area contributed by atoms with Crippen LogP contribution in [0.3, 0.4) is 0 Å². The van der Waals surface area contributed by atoms with Gasteiger partial charge in [-0.15, -0.1) is 6.42 Å². The summed E-state index contributed by atoms with van der Waals surface area (Å²) in [6.45, 7) is 1.19. The van der Waals surface area contributed by atoms with Crippen molar-refractivity contribution in [3.8, 4) is 12.3 Å². The summed E-state index contributed by atoms with van der Waals surface area (Å²) < 4.78 is 0. The maximum atomic E-state index is 11.6. The van der Waals surface area contributed by atoms with Gasteiger partial charge in [0, 0.05) is 18.9 Å². The van der Waals surface area contributed by atoms with Crippen LogP contribution in [0.5, 0.6) is 0 Å². The maximum absolute atomic E-state index is 11.6. The number of terminal acetylenes is 1. The lowest BCUT2D eigenvalue weighted by Crippen LogP contribution is -2.25. The second-order valence-corrected chi connectivity index (χ2v) is 3.79. The summed E-state index contributed by atoms with van der Waals surface area (Å²) in [7, 11) is 0. The lowest BCUT2D eigenvalue weighted by atomic mass is 9.99. The Labute approximate surface area is 89.9 Å². The van der Waals surface area contributed by atoms with Crippen molar-refractivity contribution in [3.05, 3.63) is 35.9 Å². The van der Waals surface area contributed by atoms with Gasteiger partial charge in [-0.3, -0.25) is 4.79 Å². The zero-order valence-electron chi connectivity index (χ0n) is 8.52. The van der Waals surface area contributed by atoms with Crippen molar-refractivity contribution in [3.63, 3.8) is 0 Å². The molecule has 1 amide bonds. The van der Waals surface area contributed by atoms with E-state index in [1.807, 2.05) is 18.2 Å². The van der Waals surface area contributed by atoms with Gasteiger partial charge < -0.3 is 4.90 Å². The predicted octanol–water partition coefficient (Wildman–Crippen LogP) is 1.64. The SMILES string of the molecule is C#CCN1C[C@@H](c2ccccc2)CC1=O. The Hall–Kier alpha value is -1.75. The zero-order valence-corrected chi connectivity index (χ0v) is 8.52. The molecule has 2 rings (SSSR count). The predicted molar refractivity (Wildman–Crippen MR) is 59.2 cm³/mol. The summed E-state index contributed by atoms with van der Waals surface area (Å²) >= 11 is 0. The number of rotatable bonds is 2.